The molecular formula is C25H26N6O2S. The summed E-state index contributed by atoms with van der Waals surface area (Å²) in [6.45, 7) is 1.71. The van der Waals surface area contributed by atoms with Crippen LogP contribution in [-0.4, -0.2) is 47.2 Å². The number of carbonyl (C=O) groups is 1. The van der Waals surface area contributed by atoms with Crippen LogP contribution in [0.1, 0.15) is 23.2 Å². The van der Waals surface area contributed by atoms with Crippen LogP contribution in [-0.2, 0) is 0 Å². The molecule has 174 valence electrons. The number of aliphatic hydroxyl groups is 1. The predicted octanol–water partition coefficient (Wildman–Crippen LogP) is 4.00. The van der Waals surface area contributed by atoms with Gasteiger partial charge in [-0.05, 0) is 54.8 Å². The number of piperidine rings is 1. The molecule has 0 radical (unpaired) electrons. The maximum atomic E-state index is 12.1. The number of aromatic nitrogens is 2. The highest BCUT2D eigenvalue weighted by molar-refractivity contribution is 7.18. The molecule has 0 spiro atoms. The molecule has 5 N–H and O–H groups in total. The number of aliphatic hydroxyl groups excluding tert-OH is 1. The Morgan fingerprint density at radius 3 is 2.65 bits per heavy atom. The topological polar surface area (TPSA) is 116 Å². The van der Waals surface area contributed by atoms with E-state index in [0.717, 1.165) is 58.6 Å². The fourth-order valence-electron chi connectivity index (χ4n) is 4.18. The molecule has 1 saturated heterocycles. The first-order chi connectivity index (χ1) is 16.5. The molecule has 1 aliphatic heterocycles. The van der Waals surface area contributed by atoms with Gasteiger partial charge in [0.2, 0.25) is 5.95 Å². The van der Waals surface area contributed by atoms with Crippen molar-refractivity contribution in [3.8, 4) is 11.1 Å². The van der Waals surface area contributed by atoms with Gasteiger partial charge < -0.3 is 26.4 Å². The number of hydrogen-bond donors (Lipinski definition) is 4. The fraction of sp³-hybridized carbons (Fsp3) is 0.240. The first-order valence-corrected chi connectivity index (χ1v) is 12.1. The van der Waals surface area contributed by atoms with E-state index in [9.17, 15) is 9.90 Å². The zero-order valence-electron chi connectivity index (χ0n) is 18.8. The lowest BCUT2D eigenvalue weighted by molar-refractivity contribution is 0.0963. The average Bonchev–Trinajstić information content (AvgIpc) is 3.29. The number of anilines is 4. The van der Waals surface area contributed by atoms with Crippen LogP contribution in [0.4, 0.5) is 23.1 Å². The quantitative estimate of drug-likeness (QED) is 0.345. The van der Waals surface area contributed by atoms with Crippen molar-refractivity contribution in [2.24, 2.45) is 0 Å². The molecule has 0 atom stereocenters. The zero-order chi connectivity index (χ0) is 23.7. The number of nitrogens with two attached hydrogens (primary N) is 1. The Hall–Kier alpha value is -3.69. The second-order valence-corrected chi connectivity index (χ2v) is 9.19. The Bertz CT molecular complexity index is 1330. The fourth-order valence-corrected chi connectivity index (χ4v) is 5.10. The van der Waals surface area contributed by atoms with E-state index in [4.69, 9.17) is 10.7 Å². The number of benzene rings is 2. The normalized spacial score (nSPS) is 14.4. The van der Waals surface area contributed by atoms with Gasteiger partial charge in [0.05, 0.1) is 16.3 Å². The molecule has 2 aromatic heterocycles. The lowest BCUT2D eigenvalue weighted by Crippen LogP contribution is -2.35. The Balaban J connectivity index is 1.41. The summed E-state index contributed by atoms with van der Waals surface area (Å²) in [5, 5.41) is 17.6. The number of rotatable bonds is 5. The van der Waals surface area contributed by atoms with E-state index in [1.807, 2.05) is 35.7 Å². The third-order valence-electron chi connectivity index (χ3n) is 6.06. The summed E-state index contributed by atoms with van der Waals surface area (Å²) in [4.78, 5) is 23.6. The van der Waals surface area contributed by atoms with Gasteiger partial charge in [0.15, 0.2) is 0 Å². The maximum Gasteiger partial charge on any atom is 0.251 e. The number of nitrogens with one attached hydrogen (secondary N) is 2. The molecular weight excluding hydrogens is 448 g/mol. The molecule has 0 saturated carbocycles. The van der Waals surface area contributed by atoms with Gasteiger partial charge in [0.1, 0.15) is 5.82 Å². The van der Waals surface area contributed by atoms with Crippen molar-refractivity contribution in [1.29, 1.82) is 0 Å². The SMILES string of the molecule is CNC(=O)c1cccc(-c2csc3c(N)nc(Nc4ccc(N5CCC(O)CC5)cc4)nc23)c1. The van der Waals surface area contributed by atoms with E-state index < -0.39 is 0 Å². The monoisotopic (exact) mass is 474 g/mol. The minimum atomic E-state index is -0.192. The summed E-state index contributed by atoms with van der Waals surface area (Å²) in [6.07, 6.45) is 1.40. The van der Waals surface area contributed by atoms with Gasteiger partial charge in [-0.15, -0.1) is 11.3 Å². The van der Waals surface area contributed by atoms with Gasteiger partial charge in [-0.3, -0.25) is 4.79 Å². The van der Waals surface area contributed by atoms with E-state index >= 15 is 0 Å². The molecule has 4 aromatic rings. The highest BCUT2D eigenvalue weighted by atomic mass is 32.1. The summed E-state index contributed by atoms with van der Waals surface area (Å²) >= 11 is 1.49. The Morgan fingerprint density at radius 1 is 1.15 bits per heavy atom. The summed E-state index contributed by atoms with van der Waals surface area (Å²) in [7, 11) is 1.62. The van der Waals surface area contributed by atoms with Gasteiger partial charge in [-0.1, -0.05) is 12.1 Å². The molecule has 3 heterocycles. The molecule has 1 aliphatic rings. The Morgan fingerprint density at radius 2 is 1.91 bits per heavy atom. The van der Waals surface area contributed by atoms with Gasteiger partial charge in [-0.25, -0.2) is 4.98 Å². The molecule has 1 amide bonds. The van der Waals surface area contributed by atoms with Crippen LogP contribution in [0, 0.1) is 0 Å². The molecule has 8 nitrogen and oxygen atoms in total. The Labute approximate surface area is 201 Å². The number of nitrogen functional groups attached to an aromatic ring is 1. The van der Waals surface area contributed by atoms with Crippen LogP contribution in [0.2, 0.25) is 0 Å². The summed E-state index contributed by atoms with van der Waals surface area (Å²) in [5.74, 6) is 0.692. The minimum absolute atomic E-state index is 0.137. The first kappa shape index (κ1) is 22.1. The lowest BCUT2D eigenvalue weighted by atomic mass is 10.0. The van der Waals surface area contributed by atoms with Crippen molar-refractivity contribution in [2.75, 3.05) is 36.1 Å². The zero-order valence-corrected chi connectivity index (χ0v) is 19.6. The highest BCUT2D eigenvalue weighted by Gasteiger charge is 2.18. The number of amides is 1. The molecule has 9 heteroatoms. The largest absolute Gasteiger partial charge is 0.393 e. The van der Waals surface area contributed by atoms with E-state index in [-0.39, 0.29) is 12.0 Å². The lowest BCUT2D eigenvalue weighted by Gasteiger charge is -2.31. The van der Waals surface area contributed by atoms with Gasteiger partial charge in [0.25, 0.3) is 5.91 Å². The molecule has 1 fully saturated rings. The van der Waals surface area contributed by atoms with Gasteiger partial charge in [-0.2, -0.15) is 4.98 Å². The van der Waals surface area contributed by atoms with Crippen LogP contribution in [0.15, 0.2) is 53.9 Å². The van der Waals surface area contributed by atoms with E-state index in [1.54, 1.807) is 13.1 Å². The second-order valence-electron chi connectivity index (χ2n) is 8.31. The highest BCUT2D eigenvalue weighted by Crippen LogP contribution is 2.36. The van der Waals surface area contributed by atoms with E-state index in [1.165, 1.54) is 11.3 Å². The minimum Gasteiger partial charge on any atom is -0.393 e. The standard InChI is InChI=1S/C25H26N6O2S/c1-27-24(33)16-4-2-3-15(13-16)20-14-34-22-21(20)29-25(30-23(22)26)28-17-5-7-18(8-6-17)31-11-9-19(32)10-12-31/h2-8,13-14,19,32H,9-12H2,1H3,(H,27,33)(H3,26,28,29,30). The average molecular weight is 475 g/mol. The summed E-state index contributed by atoms with van der Waals surface area (Å²) in [6, 6.07) is 15.5. The van der Waals surface area contributed by atoms with Crippen molar-refractivity contribution >= 4 is 50.6 Å². The summed E-state index contributed by atoms with van der Waals surface area (Å²) in [5.41, 5.74) is 11.4. The molecule has 0 unspecified atom stereocenters. The van der Waals surface area contributed by atoms with Crippen LogP contribution >= 0.6 is 11.3 Å². The third kappa shape index (κ3) is 4.40. The Kier molecular flexibility index (Phi) is 6.04. The maximum absolute atomic E-state index is 12.1. The number of hydrogen-bond acceptors (Lipinski definition) is 8. The van der Waals surface area contributed by atoms with E-state index in [0.29, 0.717) is 17.3 Å². The smallest absolute Gasteiger partial charge is 0.251 e. The number of fused-ring (bicyclic) bond motifs is 1. The van der Waals surface area contributed by atoms with Gasteiger partial charge >= 0.3 is 0 Å². The van der Waals surface area contributed by atoms with Crippen LogP contribution < -0.4 is 21.3 Å². The van der Waals surface area contributed by atoms with Crippen LogP contribution in [0.25, 0.3) is 21.3 Å². The number of thiophene rings is 1. The molecule has 2 aromatic carbocycles. The van der Waals surface area contributed by atoms with Crippen molar-refractivity contribution < 1.29 is 9.90 Å². The van der Waals surface area contributed by atoms with Crippen LogP contribution in [0.3, 0.4) is 0 Å². The predicted molar refractivity (Wildman–Crippen MR) is 138 cm³/mol. The van der Waals surface area contributed by atoms with Crippen molar-refractivity contribution in [2.45, 2.75) is 18.9 Å². The van der Waals surface area contributed by atoms with Crippen LogP contribution in [0.5, 0.6) is 0 Å². The van der Waals surface area contributed by atoms with E-state index in [2.05, 4.69) is 32.7 Å². The number of carbonyl (C=O) groups excluding carboxylic acids is 1. The third-order valence-corrected chi connectivity index (χ3v) is 7.05. The molecule has 5 rings (SSSR count). The van der Waals surface area contributed by atoms with Crippen molar-refractivity contribution in [3.05, 3.63) is 59.5 Å². The second kappa shape index (κ2) is 9.28. The summed E-state index contributed by atoms with van der Waals surface area (Å²) < 4.78 is 0.813. The first-order valence-electron chi connectivity index (χ1n) is 11.2. The molecule has 0 aliphatic carbocycles. The molecule has 0 bridgehead atoms. The van der Waals surface area contributed by atoms with Crippen molar-refractivity contribution in [1.82, 2.24) is 15.3 Å². The molecule has 34 heavy (non-hydrogen) atoms. The van der Waals surface area contributed by atoms with Gasteiger partial charge in [0, 0.05) is 48.0 Å². The number of nitrogens with zero attached hydrogens (tertiary/aromatic N) is 3. The van der Waals surface area contributed by atoms with Crippen molar-refractivity contribution in [3.63, 3.8) is 0 Å².